The standard InChI is InChI=1S/C20H32O2/c1-13(2)16-14(10-11-15-17(16)22-21-15)20(9,19(6,7)8)12-18(3,4)5/h10-11,13H,12H2,1-9H3. The van der Waals surface area contributed by atoms with Crippen molar-refractivity contribution in [3.05, 3.63) is 23.3 Å². The zero-order valence-electron chi connectivity index (χ0n) is 15.8. The number of hydrogen-bond donors (Lipinski definition) is 0. The van der Waals surface area contributed by atoms with Gasteiger partial charge >= 0.3 is 0 Å². The van der Waals surface area contributed by atoms with Crippen molar-refractivity contribution in [2.24, 2.45) is 10.8 Å². The second-order valence-electron chi connectivity index (χ2n) is 9.49. The van der Waals surface area contributed by atoms with Crippen LogP contribution in [-0.2, 0) is 5.41 Å². The summed E-state index contributed by atoms with van der Waals surface area (Å²) in [4.78, 5) is 0. The van der Waals surface area contributed by atoms with Gasteiger partial charge in [-0.1, -0.05) is 68.4 Å². The number of rotatable bonds is 3. The lowest BCUT2D eigenvalue weighted by Crippen LogP contribution is -2.41. The molecule has 0 aliphatic heterocycles. The third-order valence-electron chi connectivity index (χ3n) is 5.09. The van der Waals surface area contributed by atoms with E-state index in [1.54, 1.807) is 0 Å². The minimum Gasteiger partial charge on any atom is -0.286 e. The molecule has 0 N–H and O–H groups in total. The van der Waals surface area contributed by atoms with Crippen LogP contribution in [0, 0.1) is 10.8 Å². The molecule has 2 heteroatoms. The van der Waals surface area contributed by atoms with Crippen molar-refractivity contribution in [1.82, 2.24) is 0 Å². The first kappa shape index (κ1) is 17.2. The van der Waals surface area contributed by atoms with E-state index in [1.807, 2.05) is 0 Å². The van der Waals surface area contributed by atoms with Gasteiger partial charge in [-0.15, -0.1) is 0 Å². The molecule has 0 spiro atoms. The first-order valence-electron chi connectivity index (χ1n) is 8.39. The van der Waals surface area contributed by atoms with Gasteiger partial charge in [-0.05, 0) is 40.2 Å². The molecule has 0 saturated heterocycles. The van der Waals surface area contributed by atoms with Crippen LogP contribution in [0.3, 0.4) is 0 Å². The van der Waals surface area contributed by atoms with E-state index < -0.39 is 0 Å². The summed E-state index contributed by atoms with van der Waals surface area (Å²) in [5.74, 6) is 0.412. The Hall–Kier alpha value is -1.18. The summed E-state index contributed by atoms with van der Waals surface area (Å²) in [7, 11) is 0. The largest absolute Gasteiger partial charge is 0.286 e. The molecule has 0 radical (unpaired) electrons. The lowest BCUT2D eigenvalue weighted by atomic mass is 9.57. The molecule has 0 aliphatic carbocycles. The van der Waals surface area contributed by atoms with E-state index in [9.17, 15) is 0 Å². The molecule has 1 atom stereocenters. The summed E-state index contributed by atoms with van der Waals surface area (Å²) < 4.78 is 10.5. The maximum atomic E-state index is 5.35. The van der Waals surface area contributed by atoms with E-state index >= 15 is 0 Å². The first-order chi connectivity index (χ1) is 9.87. The highest BCUT2D eigenvalue weighted by atomic mass is 17.0. The lowest BCUT2D eigenvalue weighted by molar-refractivity contribution is 0.0569. The highest BCUT2D eigenvalue weighted by Gasteiger charge is 2.44. The highest BCUT2D eigenvalue weighted by Crippen LogP contribution is 2.51. The Morgan fingerprint density at radius 1 is 0.909 bits per heavy atom. The zero-order valence-corrected chi connectivity index (χ0v) is 15.8. The van der Waals surface area contributed by atoms with Gasteiger partial charge in [-0.2, -0.15) is 0 Å². The minimum absolute atomic E-state index is 0.0683. The van der Waals surface area contributed by atoms with E-state index in [0.717, 1.165) is 17.6 Å². The molecule has 2 rings (SSSR count). The van der Waals surface area contributed by atoms with Gasteiger partial charge < -0.3 is 0 Å². The van der Waals surface area contributed by atoms with Gasteiger partial charge in [0.05, 0.1) is 0 Å². The van der Waals surface area contributed by atoms with Crippen molar-refractivity contribution < 1.29 is 9.15 Å². The van der Waals surface area contributed by atoms with Crippen LogP contribution in [0.25, 0.3) is 11.2 Å². The molecular formula is C20H32O2. The van der Waals surface area contributed by atoms with Crippen molar-refractivity contribution in [2.75, 3.05) is 0 Å². The Morgan fingerprint density at radius 3 is 1.86 bits per heavy atom. The Kier molecular flexibility index (Phi) is 4.04. The van der Waals surface area contributed by atoms with Crippen LogP contribution < -0.4 is 0 Å². The number of hydrogen-bond acceptors (Lipinski definition) is 2. The van der Waals surface area contributed by atoms with Gasteiger partial charge in [-0.25, -0.2) is 0 Å². The van der Waals surface area contributed by atoms with Crippen LogP contribution in [0.1, 0.15) is 85.8 Å². The van der Waals surface area contributed by atoms with E-state index in [0.29, 0.717) is 5.92 Å². The van der Waals surface area contributed by atoms with Crippen LogP contribution in [0.2, 0.25) is 0 Å². The zero-order chi connectivity index (χ0) is 16.9. The van der Waals surface area contributed by atoms with Crippen molar-refractivity contribution in [3.8, 4) is 0 Å². The molecule has 22 heavy (non-hydrogen) atoms. The maximum absolute atomic E-state index is 5.35. The summed E-state index contributed by atoms with van der Waals surface area (Å²) in [6.07, 6.45) is 1.13. The van der Waals surface area contributed by atoms with Gasteiger partial charge in [0.1, 0.15) is 0 Å². The fraction of sp³-hybridized carbons (Fsp3) is 0.700. The molecule has 124 valence electrons. The highest BCUT2D eigenvalue weighted by molar-refractivity contribution is 5.77. The Bertz CT molecular complexity index is 643. The molecule has 0 saturated carbocycles. The number of benzene rings is 1. The van der Waals surface area contributed by atoms with Crippen LogP contribution >= 0.6 is 0 Å². The molecule has 1 heterocycles. The van der Waals surface area contributed by atoms with Crippen LogP contribution in [0.15, 0.2) is 21.3 Å². The number of fused-ring (bicyclic) bond motifs is 1. The molecule has 1 aromatic heterocycles. The third kappa shape index (κ3) is 2.85. The summed E-state index contributed by atoms with van der Waals surface area (Å²) in [5.41, 5.74) is 5.02. The van der Waals surface area contributed by atoms with Gasteiger partial charge in [0.15, 0.2) is 0 Å². The molecule has 0 bridgehead atoms. The van der Waals surface area contributed by atoms with E-state index in [2.05, 4.69) is 74.4 Å². The quantitative estimate of drug-likeness (QED) is 0.577. The maximum Gasteiger partial charge on any atom is 0.229 e. The van der Waals surface area contributed by atoms with Crippen molar-refractivity contribution in [2.45, 2.75) is 80.1 Å². The van der Waals surface area contributed by atoms with E-state index in [4.69, 9.17) is 9.15 Å². The van der Waals surface area contributed by atoms with Crippen molar-refractivity contribution >= 4 is 11.2 Å². The summed E-state index contributed by atoms with van der Waals surface area (Å²) in [5, 5.41) is 0. The molecule has 0 aliphatic rings. The van der Waals surface area contributed by atoms with Crippen molar-refractivity contribution in [1.29, 1.82) is 0 Å². The van der Waals surface area contributed by atoms with Gasteiger partial charge in [0.25, 0.3) is 0 Å². The molecular weight excluding hydrogens is 272 g/mol. The normalized spacial score (nSPS) is 16.5. The van der Waals surface area contributed by atoms with Crippen LogP contribution in [0.5, 0.6) is 0 Å². The predicted molar refractivity (Wildman–Crippen MR) is 93.4 cm³/mol. The molecule has 2 aromatic rings. The molecule has 1 aromatic carbocycles. The topological polar surface area (TPSA) is 26.3 Å². The second kappa shape index (κ2) is 5.18. The predicted octanol–water partition coefficient (Wildman–Crippen LogP) is 6.89. The molecule has 2 nitrogen and oxygen atoms in total. The average molecular weight is 304 g/mol. The van der Waals surface area contributed by atoms with Crippen molar-refractivity contribution in [3.63, 3.8) is 0 Å². The Morgan fingerprint density at radius 2 is 1.50 bits per heavy atom. The fourth-order valence-corrected chi connectivity index (χ4v) is 3.66. The smallest absolute Gasteiger partial charge is 0.229 e. The first-order valence-corrected chi connectivity index (χ1v) is 8.39. The Balaban J connectivity index is 2.70. The van der Waals surface area contributed by atoms with Gasteiger partial charge in [0, 0.05) is 5.56 Å². The summed E-state index contributed by atoms with van der Waals surface area (Å²) >= 11 is 0. The van der Waals surface area contributed by atoms with E-state index in [-0.39, 0.29) is 16.2 Å². The van der Waals surface area contributed by atoms with Gasteiger partial charge in [-0.3, -0.25) is 9.15 Å². The van der Waals surface area contributed by atoms with Crippen LogP contribution in [0.4, 0.5) is 0 Å². The summed E-state index contributed by atoms with van der Waals surface area (Å²) in [6.45, 7) is 20.9. The average Bonchev–Trinajstić information content (AvgIpc) is 2.25. The SMILES string of the molecule is CC(C)c1c(C(C)(CC(C)(C)C)C(C)(C)C)ccc2ooc12. The second-order valence-corrected chi connectivity index (χ2v) is 9.49. The van der Waals surface area contributed by atoms with Gasteiger partial charge in [0.2, 0.25) is 11.2 Å². The van der Waals surface area contributed by atoms with Crippen LogP contribution in [-0.4, -0.2) is 0 Å². The molecule has 1 unspecified atom stereocenters. The minimum atomic E-state index is 0.0683. The third-order valence-corrected chi connectivity index (χ3v) is 5.09. The Labute approximate surface area is 135 Å². The monoisotopic (exact) mass is 304 g/mol. The molecule has 0 fully saturated rings. The fourth-order valence-electron chi connectivity index (χ4n) is 3.66. The summed E-state index contributed by atoms with van der Waals surface area (Å²) in [6, 6.07) is 4.32. The lowest BCUT2D eigenvalue weighted by Gasteiger charge is -2.47. The molecule has 0 amide bonds. The van der Waals surface area contributed by atoms with E-state index in [1.165, 1.54) is 11.1 Å².